The molecular weight excluding hydrogens is 196 g/mol. The molecule has 2 aromatic carbocycles. The van der Waals surface area contributed by atoms with Crippen molar-refractivity contribution in [2.75, 3.05) is 0 Å². The van der Waals surface area contributed by atoms with Crippen LogP contribution in [0.15, 0.2) is 54.6 Å². The maximum Gasteiger partial charge on any atom is 0.0682 e. The summed E-state index contributed by atoms with van der Waals surface area (Å²) >= 11 is 0. The third-order valence-electron chi connectivity index (χ3n) is 2.23. The average Bonchev–Trinajstić information content (AvgIpc) is 2.38. The largest absolute Gasteiger partial charge is 0.392 e. The van der Waals surface area contributed by atoms with E-state index in [4.69, 9.17) is 5.11 Å². The van der Waals surface area contributed by atoms with E-state index in [2.05, 4.69) is 11.8 Å². The van der Waals surface area contributed by atoms with Gasteiger partial charge in [0.25, 0.3) is 0 Å². The van der Waals surface area contributed by atoms with Crippen molar-refractivity contribution in [2.24, 2.45) is 0 Å². The lowest BCUT2D eigenvalue weighted by Gasteiger charge is -1.95. The zero-order valence-electron chi connectivity index (χ0n) is 8.85. The highest BCUT2D eigenvalue weighted by atomic mass is 16.3. The Morgan fingerprint density at radius 2 is 1.50 bits per heavy atom. The van der Waals surface area contributed by atoms with Crippen LogP contribution in [0.3, 0.4) is 0 Å². The molecule has 0 saturated carbocycles. The number of aliphatic hydroxyl groups is 1. The quantitative estimate of drug-likeness (QED) is 0.714. The Labute approximate surface area is 95.4 Å². The molecule has 0 aliphatic rings. The number of benzene rings is 2. The summed E-state index contributed by atoms with van der Waals surface area (Å²) in [5.74, 6) is 6.16. The lowest BCUT2D eigenvalue weighted by Crippen LogP contribution is -1.83. The van der Waals surface area contributed by atoms with Crippen LogP contribution in [-0.4, -0.2) is 5.11 Å². The molecule has 0 radical (unpaired) electrons. The van der Waals surface area contributed by atoms with Gasteiger partial charge in [-0.2, -0.15) is 0 Å². The maximum absolute atomic E-state index is 9.00. The minimum atomic E-state index is 0.0564. The van der Waals surface area contributed by atoms with E-state index < -0.39 is 0 Å². The second-order valence-electron chi connectivity index (χ2n) is 3.47. The van der Waals surface area contributed by atoms with E-state index in [0.29, 0.717) is 0 Å². The number of rotatable bonds is 1. The molecule has 1 nitrogen and oxygen atoms in total. The average molecular weight is 208 g/mol. The van der Waals surface area contributed by atoms with Crippen LogP contribution in [0.25, 0.3) is 0 Å². The van der Waals surface area contributed by atoms with Crippen LogP contribution >= 0.6 is 0 Å². The minimum Gasteiger partial charge on any atom is -0.392 e. The molecule has 0 aliphatic carbocycles. The summed E-state index contributed by atoms with van der Waals surface area (Å²) in [5.41, 5.74) is 2.81. The van der Waals surface area contributed by atoms with Gasteiger partial charge in [0.15, 0.2) is 0 Å². The number of hydrogen-bond donors (Lipinski definition) is 1. The van der Waals surface area contributed by atoms with Crippen molar-refractivity contribution < 1.29 is 5.11 Å². The molecule has 0 heterocycles. The Kier molecular flexibility index (Phi) is 3.38. The smallest absolute Gasteiger partial charge is 0.0682 e. The fourth-order valence-electron chi connectivity index (χ4n) is 1.41. The van der Waals surface area contributed by atoms with Crippen molar-refractivity contribution in [2.45, 2.75) is 6.61 Å². The van der Waals surface area contributed by atoms with E-state index in [1.165, 1.54) is 0 Å². The fraction of sp³-hybridized carbons (Fsp3) is 0.0667. The normalized spacial score (nSPS) is 9.31. The summed E-state index contributed by atoms with van der Waals surface area (Å²) < 4.78 is 0. The standard InChI is InChI=1S/C15H12O/c16-12-15-8-4-7-14(11-15)10-9-13-5-2-1-3-6-13/h1-8,11,16H,12H2. The summed E-state index contributed by atoms with van der Waals surface area (Å²) in [6, 6.07) is 17.5. The van der Waals surface area contributed by atoms with Gasteiger partial charge in [0.05, 0.1) is 6.61 Å². The molecule has 2 aromatic rings. The predicted octanol–water partition coefficient (Wildman–Crippen LogP) is 2.58. The fourth-order valence-corrected chi connectivity index (χ4v) is 1.41. The second-order valence-corrected chi connectivity index (χ2v) is 3.47. The zero-order chi connectivity index (χ0) is 11.2. The van der Waals surface area contributed by atoms with Crippen LogP contribution in [0.2, 0.25) is 0 Å². The highest BCUT2D eigenvalue weighted by molar-refractivity contribution is 5.43. The van der Waals surface area contributed by atoms with Crippen LogP contribution in [-0.2, 0) is 6.61 Å². The Balaban J connectivity index is 2.24. The number of hydrogen-bond acceptors (Lipinski definition) is 1. The van der Waals surface area contributed by atoms with Crippen LogP contribution in [0.4, 0.5) is 0 Å². The molecular formula is C15H12O. The molecule has 78 valence electrons. The molecule has 0 atom stereocenters. The summed E-state index contributed by atoms with van der Waals surface area (Å²) in [7, 11) is 0. The van der Waals surface area contributed by atoms with Crippen molar-refractivity contribution in [1.29, 1.82) is 0 Å². The van der Waals surface area contributed by atoms with Gasteiger partial charge in [-0.3, -0.25) is 0 Å². The molecule has 0 unspecified atom stereocenters. The Morgan fingerprint density at radius 3 is 2.25 bits per heavy atom. The first-order valence-electron chi connectivity index (χ1n) is 5.15. The molecule has 2 rings (SSSR count). The molecule has 0 amide bonds. The molecule has 1 N–H and O–H groups in total. The summed E-state index contributed by atoms with van der Waals surface area (Å²) in [6.07, 6.45) is 0. The van der Waals surface area contributed by atoms with Crippen molar-refractivity contribution in [3.8, 4) is 11.8 Å². The number of aliphatic hydroxyl groups excluding tert-OH is 1. The highest BCUT2D eigenvalue weighted by Gasteiger charge is 1.90. The minimum absolute atomic E-state index is 0.0564. The van der Waals surface area contributed by atoms with E-state index in [0.717, 1.165) is 16.7 Å². The molecule has 1 heteroatoms. The monoisotopic (exact) mass is 208 g/mol. The van der Waals surface area contributed by atoms with Gasteiger partial charge >= 0.3 is 0 Å². The van der Waals surface area contributed by atoms with Crippen LogP contribution in [0, 0.1) is 11.8 Å². The summed E-state index contributed by atoms with van der Waals surface area (Å²) in [6.45, 7) is 0.0564. The van der Waals surface area contributed by atoms with E-state index in [9.17, 15) is 0 Å². The molecule has 0 saturated heterocycles. The summed E-state index contributed by atoms with van der Waals surface area (Å²) in [4.78, 5) is 0. The van der Waals surface area contributed by atoms with E-state index in [1.807, 2.05) is 54.6 Å². The van der Waals surface area contributed by atoms with Crippen molar-refractivity contribution >= 4 is 0 Å². The van der Waals surface area contributed by atoms with E-state index in [1.54, 1.807) is 0 Å². The highest BCUT2D eigenvalue weighted by Crippen LogP contribution is 2.04. The first-order chi connectivity index (χ1) is 7.88. The van der Waals surface area contributed by atoms with E-state index >= 15 is 0 Å². The Morgan fingerprint density at radius 1 is 0.812 bits per heavy atom. The van der Waals surface area contributed by atoms with Gasteiger partial charge in [-0.05, 0) is 29.8 Å². The topological polar surface area (TPSA) is 20.2 Å². The lowest BCUT2D eigenvalue weighted by atomic mass is 10.1. The third kappa shape index (κ3) is 2.73. The van der Waals surface area contributed by atoms with Crippen LogP contribution in [0.5, 0.6) is 0 Å². The molecule has 0 fully saturated rings. The Hall–Kier alpha value is -2.04. The van der Waals surface area contributed by atoms with Gasteiger partial charge < -0.3 is 5.11 Å². The van der Waals surface area contributed by atoms with Crippen molar-refractivity contribution in [1.82, 2.24) is 0 Å². The van der Waals surface area contributed by atoms with Crippen LogP contribution in [0.1, 0.15) is 16.7 Å². The van der Waals surface area contributed by atoms with Gasteiger partial charge in [0.2, 0.25) is 0 Å². The lowest BCUT2D eigenvalue weighted by molar-refractivity contribution is 0.282. The molecule has 0 aromatic heterocycles. The molecule has 0 bridgehead atoms. The predicted molar refractivity (Wildman–Crippen MR) is 64.8 cm³/mol. The van der Waals surface area contributed by atoms with Crippen LogP contribution < -0.4 is 0 Å². The first kappa shape index (κ1) is 10.5. The maximum atomic E-state index is 9.00. The second kappa shape index (κ2) is 5.16. The van der Waals surface area contributed by atoms with Crippen molar-refractivity contribution in [3.05, 3.63) is 71.3 Å². The molecule has 0 aliphatic heterocycles. The SMILES string of the molecule is OCc1cccc(C#Cc2ccccc2)c1. The van der Waals surface area contributed by atoms with Gasteiger partial charge in [-0.15, -0.1) is 0 Å². The first-order valence-corrected chi connectivity index (χ1v) is 5.15. The summed E-state index contributed by atoms with van der Waals surface area (Å²) in [5, 5.41) is 9.00. The van der Waals surface area contributed by atoms with Gasteiger partial charge in [-0.1, -0.05) is 42.2 Å². The van der Waals surface area contributed by atoms with Crippen molar-refractivity contribution in [3.63, 3.8) is 0 Å². The Bertz CT molecular complexity index is 518. The molecule has 0 spiro atoms. The van der Waals surface area contributed by atoms with E-state index in [-0.39, 0.29) is 6.61 Å². The van der Waals surface area contributed by atoms with Gasteiger partial charge in [-0.25, -0.2) is 0 Å². The third-order valence-corrected chi connectivity index (χ3v) is 2.23. The van der Waals surface area contributed by atoms with Gasteiger partial charge in [0.1, 0.15) is 0 Å². The zero-order valence-corrected chi connectivity index (χ0v) is 8.85. The van der Waals surface area contributed by atoms with Gasteiger partial charge in [0, 0.05) is 11.1 Å². The molecule has 16 heavy (non-hydrogen) atoms.